The molecule has 0 saturated carbocycles. The first kappa shape index (κ1) is 18.9. The second-order valence-electron chi connectivity index (χ2n) is 5.49. The van der Waals surface area contributed by atoms with E-state index in [-0.39, 0.29) is 27.4 Å². The van der Waals surface area contributed by atoms with Crippen LogP contribution < -0.4 is 5.32 Å². The third kappa shape index (κ3) is 4.83. The average Bonchev–Trinajstić information content (AvgIpc) is 3.11. The Hall–Kier alpha value is -2.91. The Balaban J connectivity index is 1.62. The highest BCUT2D eigenvalue weighted by atomic mass is 35.5. The summed E-state index contributed by atoms with van der Waals surface area (Å²) in [6.07, 6.45) is 0. The molecule has 1 amide bonds. The molecule has 10 heteroatoms. The lowest BCUT2D eigenvalue weighted by molar-refractivity contribution is -0.383. The number of amides is 1. The normalized spacial score (nSPS) is 10.6. The molecule has 3 aromatic rings. The number of hydrogen-bond donors (Lipinski definition) is 1. The summed E-state index contributed by atoms with van der Waals surface area (Å²) in [6, 6.07) is 11.6. The van der Waals surface area contributed by atoms with Crippen molar-refractivity contribution in [1.29, 1.82) is 0 Å². The van der Waals surface area contributed by atoms with E-state index in [4.69, 9.17) is 16.0 Å². The Kier molecular flexibility index (Phi) is 5.72. The first-order chi connectivity index (χ1) is 12.9. The molecule has 0 atom stereocenters. The van der Waals surface area contributed by atoms with Crippen LogP contribution in [0.5, 0.6) is 0 Å². The zero-order chi connectivity index (χ0) is 19.4. The maximum Gasteiger partial charge on any atom is 0.294 e. The topological polar surface area (TPSA) is 111 Å². The maximum absolute atomic E-state index is 12.1. The molecule has 0 spiro atoms. The van der Waals surface area contributed by atoms with E-state index >= 15 is 0 Å². The molecule has 1 heterocycles. The molecule has 1 N–H and O–H groups in total. The van der Waals surface area contributed by atoms with Gasteiger partial charge in [-0.3, -0.25) is 14.9 Å². The van der Waals surface area contributed by atoms with Crippen molar-refractivity contribution in [2.45, 2.75) is 12.1 Å². The Bertz CT molecular complexity index is 991. The van der Waals surface area contributed by atoms with Gasteiger partial charge in [0.05, 0.1) is 10.7 Å². The van der Waals surface area contributed by atoms with Crippen LogP contribution in [0.4, 0.5) is 11.4 Å². The predicted molar refractivity (Wildman–Crippen MR) is 102 cm³/mol. The van der Waals surface area contributed by atoms with Gasteiger partial charge in [-0.1, -0.05) is 41.1 Å². The number of carbonyl (C=O) groups is 1. The van der Waals surface area contributed by atoms with Gasteiger partial charge in [-0.05, 0) is 31.2 Å². The van der Waals surface area contributed by atoms with E-state index in [2.05, 4.69) is 15.5 Å². The van der Waals surface area contributed by atoms with E-state index in [1.54, 1.807) is 0 Å². The van der Waals surface area contributed by atoms with Crippen molar-refractivity contribution in [2.75, 3.05) is 11.1 Å². The summed E-state index contributed by atoms with van der Waals surface area (Å²) >= 11 is 6.79. The summed E-state index contributed by atoms with van der Waals surface area (Å²) in [5, 5.41) is 21.8. The van der Waals surface area contributed by atoms with E-state index in [0.29, 0.717) is 5.89 Å². The standard InChI is InChI=1S/C17H13ClN4O4S/c1-10-2-4-11(5-3-10)16-20-21-17(26-16)27-9-15(23)19-13-7-6-12(18)8-14(13)22(24)25/h2-8H,9H2,1H3,(H,19,23). The van der Waals surface area contributed by atoms with Gasteiger partial charge >= 0.3 is 0 Å². The largest absolute Gasteiger partial charge is 0.411 e. The SMILES string of the molecule is Cc1ccc(-c2nnc(SCC(=O)Nc3ccc(Cl)cc3[N+](=O)[O-])o2)cc1. The van der Waals surface area contributed by atoms with Crippen LogP contribution in [0.3, 0.4) is 0 Å². The van der Waals surface area contributed by atoms with Crippen molar-refractivity contribution >= 4 is 40.6 Å². The molecule has 0 fully saturated rings. The number of halogens is 1. The van der Waals surface area contributed by atoms with Gasteiger partial charge in [-0.15, -0.1) is 10.2 Å². The van der Waals surface area contributed by atoms with E-state index < -0.39 is 10.8 Å². The van der Waals surface area contributed by atoms with Crippen LogP contribution in [-0.2, 0) is 4.79 Å². The summed E-state index contributed by atoms with van der Waals surface area (Å²) < 4.78 is 5.52. The zero-order valence-electron chi connectivity index (χ0n) is 14.0. The quantitative estimate of drug-likeness (QED) is 0.369. The third-order valence-corrected chi connectivity index (χ3v) is 4.52. The lowest BCUT2D eigenvalue weighted by Gasteiger charge is -2.05. The minimum Gasteiger partial charge on any atom is -0.411 e. The maximum atomic E-state index is 12.1. The van der Waals surface area contributed by atoms with Gasteiger partial charge < -0.3 is 9.73 Å². The highest BCUT2D eigenvalue weighted by molar-refractivity contribution is 7.99. The smallest absolute Gasteiger partial charge is 0.294 e. The van der Waals surface area contributed by atoms with E-state index in [1.165, 1.54) is 18.2 Å². The molecule has 0 unspecified atom stereocenters. The number of rotatable bonds is 6. The second-order valence-corrected chi connectivity index (χ2v) is 6.86. The van der Waals surface area contributed by atoms with E-state index in [0.717, 1.165) is 22.9 Å². The van der Waals surface area contributed by atoms with Crippen molar-refractivity contribution in [3.05, 3.63) is 63.2 Å². The summed E-state index contributed by atoms with van der Waals surface area (Å²) in [7, 11) is 0. The molecule has 1 aromatic heterocycles. The Morgan fingerprint density at radius 3 is 2.70 bits per heavy atom. The number of carbonyl (C=O) groups excluding carboxylic acids is 1. The summed E-state index contributed by atoms with van der Waals surface area (Å²) in [4.78, 5) is 22.5. The van der Waals surface area contributed by atoms with Crippen LogP contribution in [0.15, 0.2) is 52.1 Å². The number of aromatic nitrogens is 2. The fourth-order valence-corrected chi connectivity index (χ4v) is 2.89. The molecule has 27 heavy (non-hydrogen) atoms. The van der Waals surface area contributed by atoms with Gasteiger partial charge in [0, 0.05) is 16.7 Å². The number of benzene rings is 2. The molecule has 0 bridgehead atoms. The monoisotopic (exact) mass is 404 g/mol. The molecular formula is C17H13ClN4O4S. The molecule has 3 rings (SSSR count). The van der Waals surface area contributed by atoms with Gasteiger partial charge in [-0.25, -0.2) is 0 Å². The number of nitrogens with one attached hydrogen (secondary N) is 1. The van der Waals surface area contributed by atoms with E-state index in [9.17, 15) is 14.9 Å². The van der Waals surface area contributed by atoms with Crippen molar-refractivity contribution in [3.63, 3.8) is 0 Å². The summed E-state index contributed by atoms with van der Waals surface area (Å²) in [5.74, 6) is -0.137. The highest BCUT2D eigenvalue weighted by Crippen LogP contribution is 2.28. The van der Waals surface area contributed by atoms with Crippen LogP contribution in [0, 0.1) is 17.0 Å². The molecule has 138 valence electrons. The predicted octanol–water partition coefficient (Wildman–Crippen LogP) is 4.34. The first-order valence-corrected chi connectivity index (χ1v) is 9.06. The van der Waals surface area contributed by atoms with Crippen molar-refractivity contribution in [3.8, 4) is 11.5 Å². The van der Waals surface area contributed by atoms with Gasteiger partial charge in [0.25, 0.3) is 10.9 Å². The number of hydrogen-bond acceptors (Lipinski definition) is 7. The number of thioether (sulfide) groups is 1. The molecule has 0 saturated heterocycles. The van der Waals surface area contributed by atoms with Crippen molar-refractivity contribution < 1.29 is 14.1 Å². The van der Waals surface area contributed by atoms with Crippen molar-refractivity contribution in [1.82, 2.24) is 10.2 Å². The molecular weight excluding hydrogens is 392 g/mol. The van der Waals surface area contributed by atoms with Gasteiger partial charge in [0.15, 0.2) is 0 Å². The fourth-order valence-electron chi connectivity index (χ4n) is 2.16. The molecule has 8 nitrogen and oxygen atoms in total. The minimum atomic E-state index is -0.611. The average molecular weight is 405 g/mol. The van der Waals surface area contributed by atoms with Crippen LogP contribution in [0.2, 0.25) is 5.02 Å². The molecule has 0 aliphatic carbocycles. The minimum absolute atomic E-state index is 0.0463. The van der Waals surface area contributed by atoms with Crippen LogP contribution in [-0.4, -0.2) is 26.8 Å². The van der Waals surface area contributed by atoms with Gasteiger partial charge in [0.1, 0.15) is 5.69 Å². The first-order valence-electron chi connectivity index (χ1n) is 7.69. The Morgan fingerprint density at radius 1 is 1.26 bits per heavy atom. The van der Waals surface area contributed by atoms with Crippen LogP contribution in [0.1, 0.15) is 5.56 Å². The zero-order valence-corrected chi connectivity index (χ0v) is 15.6. The fraction of sp³-hybridized carbons (Fsp3) is 0.118. The number of nitro benzene ring substituents is 1. The second kappa shape index (κ2) is 8.19. The number of aryl methyl sites for hydroxylation is 1. The van der Waals surface area contributed by atoms with E-state index in [1.807, 2.05) is 31.2 Å². The third-order valence-electron chi connectivity index (χ3n) is 3.46. The molecule has 2 aromatic carbocycles. The van der Waals surface area contributed by atoms with Crippen LogP contribution >= 0.6 is 23.4 Å². The highest BCUT2D eigenvalue weighted by Gasteiger charge is 2.17. The number of anilines is 1. The molecule has 0 aliphatic heterocycles. The van der Waals surface area contributed by atoms with Gasteiger partial charge in [-0.2, -0.15) is 0 Å². The summed E-state index contributed by atoms with van der Waals surface area (Å²) in [5.41, 5.74) is 1.68. The lowest BCUT2D eigenvalue weighted by atomic mass is 10.1. The van der Waals surface area contributed by atoms with Crippen LogP contribution in [0.25, 0.3) is 11.5 Å². The Labute approximate surface area is 163 Å². The lowest BCUT2D eigenvalue weighted by Crippen LogP contribution is -2.15. The number of nitro groups is 1. The molecule has 0 aliphatic rings. The number of nitrogens with zero attached hydrogens (tertiary/aromatic N) is 3. The Morgan fingerprint density at radius 2 is 2.00 bits per heavy atom. The molecule has 0 radical (unpaired) electrons. The summed E-state index contributed by atoms with van der Waals surface area (Å²) in [6.45, 7) is 1.97. The van der Waals surface area contributed by atoms with Gasteiger partial charge in [0.2, 0.25) is 11.8 Å². The van der Waals surface area contributed by atoms with Crippen molar-refractivity contribution in [2.24, 2.45) is 0 Å².